The van der Waals surface area contributed by atoms with Crippen molar-refractivity contribution in [2.24, 2.45) is 0 Å². The van der Waals surface area contributed by atoms with Crippen LogP contribution < -0.4 is 5.73 Å². The predicted molar refractivity (Wildman–Crippen MR) is 65.6 cm³/mol. The van der Waals surface area contributed by atoms with Gasteiger partial charge in [0.15, 0.2) is 0 Å². The summed E-state index contributed by atoms with van der Waals surface area (Å²) < 4.78 is 9.32. The van der Waals surface area contributed by atoms with Crippen LogP contribution in [0.4, 0.5) is 5.00 Å². The van der Waals surface area contributed by atoms with Gasteiger partial charge in [0, 0.05) is 12.4 Å². The minimum Gasteiger partial charge on any atom is -0.389 e. The monoisotopic (exact) mass is 260 g/mol. The summed E-state index contributed by atoms with van der Waals surface area (Å²) in [5.41, 5.74) is 7.82. The first-order chi connectivity index (χ1) is 8.75. The third kappa shape index (κ3) is 1.72. The van der Waals surface area contributed by atoms with E-state index in [-0.39, 0.29) is 0 Å². The molecule has 3 aromatic heterocycles. The highest BCUT2D eigenvalue weighted by Gasteiger charge is 2.18. The minimum atomic E-state index is 0.347. The second-order valence-electron chi connectivity index (χ2n) is 3.52. The van der Waals surface area contributed by atoms with Gasteiger partial charge in [-0.3, -0.25) is 4.98 Å². The van der Waals surface area contributed by atoms with Crippen LogP contribution in [0, 0.1) is 6.92 Å². The standard InChI is InChI=1S/C10H8N6OS/c1-5-7(8(11)18-16-5)10-14-9(15-17-10)6-4-12-2-3-13-6/h2-4H,11H2,1H3. The number of hydrogen-bond donors (Lipinski definition) is 1. The fourth-order valence-corrected chi connectivity index (χ4v) is 2.14. The number of nitrogens with two attached hydrogens (primary N) is 1. The van der Waals surface area contributed by atoms with Crippen LogP contribution in [0.1, 0.15) is 5.69 Å². The SMILES string of the molecule is Cc1nsc(N)c1-c1nc(-c2cnccn2)no1. The quantitative estimate of drug-likeness (QED) is 0.745. The Morgan fingerprint density at radius 2 is 2.22 bits per heavy atom. The Labute approximate surface area is 106 Å². The Balaban J connectivity index is 2.05. The lowest BCUT2D eigenvalue weighted by Gasteiger charge is -1.91. The fourth-order valence-electron chi connectivity index (χ4n) is 1.49. The largest absolute Gasteiger partial charge is 0.389 e. The molecular formula is C10H8N6OS. The summed E-state index contributed by atoms with van der Waals surface area (Å²) in [5, 5.41) is 4.41. The number of nitrogens with zero attached hydrogens (tertiary/aromatic N) is 5. The second-order valence-corrected chi connectivity index (χ2v) is 4.33. The maximum Gasteiger partial charge on any atom is 0.263 e. The first-order valence-electron chi connectivity index (χ1n) is 5.08. The predicted octanol–water partition coefficient (Wildman–Crippen LogP) is 1.54. The number of nitrogen functional groups attached to an aromatic ring is 1. The highest BCUT2D eigenvalue weighted by molar-refractivity contribution is 7.10. The van der Waals surface area contributed by atoms with E-state index in [4.69, 9.17) is 10.3 Å². The van der Waals surface area contributed by atoms with Gasteiger partial charge in [0.05, 0.1) is 17.5 Å². The molecule has 0 fully saturated rings. The maximum absolute atomic E-state index is 5.82. The summed E-state index contributed by atoms with van der Waals surface area (Å²) in [5.74, 6) is 0.725. The van der Waals surface area contributed by atoms with Gasteiger partial charge in [-0.2, -0.15) is 9.36 Å². The molecule has 3 rings (SSSR count). The molecule has 0 spiro atoms. The first-order valence-corrected chi connectivity index (χ1v) is 5.85. The van der Waals surface area contributed by atoms with Crippen molar-refractivity contribution < 1.29 is 4.52 Å². The van der Waals surface area contributed by atoms with Gasteiger partial charge in [-0.15, -0.1) is 0 Å². The normalized spacial score (nSPS) is 10.7. The smallest absolute Gasteiger partial charge is 0.263 e. The molecule has 8 heteroatoms. The summed E-state index contributed by atoms with van der Waals surface area (Å²) in [6.45, 7) is 1.84. The molecule has 0 amide bonds. The van der Waals surface area contributed by atoms with Crippen molar-refractivity contribution in [3.63, 3.8) is 0 Å². The Morgan fingerprint density at radius 1 is 1.33 bits per heavy atom. The van der Waals surface area contributed by atoms with Crippen LogP contribution in [-0.2, 0) is 0 Å². The van der Waals surface area contributed by atoms with Gasteiger partial charge in [-0.25, -0.2) is 4.98 Å². The van der Waals surface area contributed by atoms with Crippen LogP contribution in [-0.4, -0.2) is 24.5 Å². The van der Waals surface area contributed by atoms with Gasteiger partial charge < -0.3 is 10.3 Å². The fraction of sp³-hybridized carbons (Fsp3) is 0.100. The number of anilines is 1. The molecular weight excluding hydrogens is 252 g/mol. The molecule has 0 aromatic carbocycles. The van der Waals surface area contributed by atoms with Crippen molar-refractivity contribution in [1.82, 2.24) is 24.5 Å². The number of aryl methyl sites for hydroxylation is 1. The van der Waals surface area contributed by atoms with E-state index in [0.717, 1.165) is 5.69 Å². The lowest BCUT2D eigenvalue weighted by Crippen LogP contribution is -1.88. The van der Waals surface area contributed by atoms with Crippen LogP contribution in [0.5, 0.6) is 0 Å². The van der Waals surface area contributed by atoms with E-state index in [1.54, 1.807) is 18.6 Å². The summed E-state index contributed by atoms with van der Waals surface area (Å²) in [4.78, 5) is 12.3. The van der Waals surface area contributed by atoms with E-state index in [2.05, 4.69) is 24.5 Å². The molecule has 0 bridgehead atoms. The molecule has 2 N–H and O–H groups in total. The van der Waals surface area contributed by atoms with E-state index in [1.165, 1.54) is 11.5 Å². The molecule has 3 aromatic rings. The molecule has 0 aliphatic rings. The molecule has 0 atom stereocenters. The topological polar surface area (TPSA) is 104 Å². The molecule has 3 heterocycles. The van der Waals surface area contributed by atoms with Crippen molar-refractivity contribution in [2.75, 3.05) is 5.73 Å². The zero-order valence-corrected chi connectivity index (χ0v) is 10.2. The van der Waals surface area contributed by atoms with Crippen LogP contribution in [0.25, 0.3) is 23.0 Å². The summed E-state index contributed by atoms with van der Waals surface area (Å²) in [6, 6.07) is 0. The lowest BCUT2D eigenvalue weighted by molar-refractivity contribution is 0.432. The lowest BCUT2D eigenvalue weighted by atomic mass is 10.2. The average Bonchev–Trinajstić information content (AvgIpc) is 2.98. The zero-order valence-electron chi connectivity index (χ0n) is 9.36. The number of rotatable bonds is 2. The van der Waals surface area contributed by atoms with Crippen LogP contribution in [0.2, 0.25) is 0 Å². The van der Waals surface area contributed by atoms with E-state index in [9.17, 15) is 0 Å². The summed E-state index contributed by atoms with van der Waals surface area (Å²) in [7, 11) is 0. The third-order valence-electron chi connectivity index (χ3n) is 2.32. The summed E-state index contributed by atoms with van der Waals surface area (Å²) in [6.07, 6.45) is 4.71. The van der Waals surface area contributed by atoms with Crippen molar-refractivity contribution in [1.29, 1.82) is 0 Å². The molecule has 0 aliphatic heterocycles. The van der Waals surface area contributed by atoms with Crippen LogP contribution >= 0.6 is 11.5 Å². The Kier molecular flexibility index (Phi) is 2.49. The second kappa shape index (κ2) is 4.15. The molecule has 90 valence electrons. The number of hydrogen-bond acceptors (Lipinski definition) is 8. The van der Waals surface area contributed by atoms with Crippen molar-refractivity contribution in [3.05, 3.63) is 24.3 Å². The van der Waals surface area contributed by atoms with E-state index in [0.29, 0.717) is 28.0 Å². The highest BCUT2D eigenvalue weighted by Crippen LogP contribution is 2.31. The molecule has 0 saturated heterocycles. The maximum atomic E-state index is 5.82. The molecule has 7 nitrogen and oxygen atoms in total. The first kappa shape index (κ1) is 10.8. The Bertz CT molecular complexity index is 657. The van der Waals surface area contributed by atoms with Crippen molar-refractivity contribution in [3.8, 4) is 23.0 Å². The van der Waals surface area contributed by atoms with Gasteiger partial charge in [-0.05, 0) is 18.5 Å². The molecule has 0 radical (unpaired) electrons. The third-order valence-corrected chi connectivity index (χ3v) is 3.09. The van der Waals surface area contributed by atoms with Crippen LogP contribution in [0.15, 0.2) is 23.1 Å². The summed E-state index contributed by atoms with van der Waals surface area (Å²) >= 11 is 1.20. The van der Waals surface area contributed by atoms with Crippen molar-refractivity contribution in [2.45, 2.75) is 6.92 Å². The molecule has 18 heavy (non-hydrogen) atoms. The molecule has 0 unspecified atom stereocenters. The molecule has 0 saturated carbocycles. The van der Waals surface area contributed by atoms with Gasteiger partial charge in [0.2, 0.25) is 5.82 Å². The zero-order chi connectivity index (χ0) is 12.5. The van der Waals surface area contributed by atoms with Gasteiger partial charge in [-0.1, -0.05) is 5.16 Å². The average molecular weight is 260 g/mol. The van der Waals surface area contributed by atoms with E-state index < -0.39 is 0 Å². The van der Waals surface area contributed by atoms with Gasteiger partial charge >= 0.3 is 0 Å². The van der Waals surface area contributed by atoms with E-state index >= 15 is 0 Å². The van der Waals surface area contributed by atoms with Crippen molar-refractivity contribution >= 4 is 16.5 Å². The Hall–Kier alpha value is -2.35. The number of aromatic nitrogens is 5. The Morgan fingerprint density at radius 3 is 2.89 bits per heavy atom. The minimum absolute atomic E-state index is 0.347. The van der Waals surface area contributed by atoms with Gasteiger partial charge in [0.1, 0.15) is 10.7 Å². The molecule has 0 aliphatic carbocycles. The van der Waals surface area contributed by atoms with Crippen LogP contribution in [0.3, 0.4) is 0 Å². The highest BCUT2D eigenvalue weighted by atomic mass is 32.1. The van der Waals surface area contributed by atoms with E-state index in [1.807, 2.05) is 6.92 Å². The van der Waals surface area contributed by atoms with Gasteiger partial charge in [0.25, 0.3) is 5.89 Å².